The Hall–Kier alpha value is -2.77. The first-order chi connectivity index (χ1) is 9.70. The van der Waals surface area contributed by atoms with Crippen molar-refractivity contribution in [1.82, 2.24) is 25.9 Å². The number of ether oxygens (including phenoxy) is 1. The summed E-state index contributed by atoms with van der Waals surface area (Å²) in [6.45, 7) is 0.220. The van der Waals surface area contributed by atoms with Crippen molar-refractivity contribution in [2.45, 2.75) is 6.42 Å². The molecular formula is C12H13N5O3. The number of esters is 1. The van der Waals surface area contributed by atoms with Gasteiger partial charge in [-0.25, -0.2) is 0 Å². The number of benzene rings is 1. The van der Waals surface area contributed by atoms with Gasteiger partial charge in [-0.3, -0.25) is 9.59 Å². The number of H-pyrrole nitrogens is 1. The van der Waals surface area contributed by atoms with Crippen LogP contribution in [0.3, 0.4) is 0 Å². The Balaban J connectivity index is 2.00. The fraction of sp³-hybridized carbons (Fsp3) is 0.250. The van der Waals surface area contributed by atoms with Gasteiger partial charge in [0.2, 0.25) is 5.82 Å². The lowest BCUT2D eigenvalue weighted by molar-refractivity contribution is -0.140. The number of hydrogen-bond acceptors (Lipinski definition) is 6. The Bertz CT molecular complexity index is 597. The van der Waals surface area contributed by atoms with Crippen molar-refractivity contribution in [3.8, 4) is 11.4 Å². The Kier molecular flexibility index (Phi) is 4.38. The second kappa shape index (κ2) is 6.41. The van der Waals surface area contributed by atoms with E-state index in [9.17, 15) is 9.59 Å². The summed E-state index contributed by atoms with van der Waals surface area (Å²) in [4.78, 5) is 22.8. The SMILES string of the molecule is COC(=O)CCNC(=O)c1cccc(-c2nn[nH]n2)c1. The van der Waals surface area contributed by atoms with E-state index in [1.54, 1.807) is 24.3 Å². The van der Waals surface area contributed by atoms with Crippen molar-refractivity contribution >= 4 is 11.9 Å². The number of aromatic nitrogens is 4. The molecule has 0 aliphatic heterocycles. The number of rotatable bonds is 5. The number of nitrogens with one attached hydrogen (secondary N) is 2. The third-order valence-corrected chi connectivity index (χ3v) is 2.57. The molecule has 20 heavy (non-hydrogen) atoms. The lowest BCUT2D eigenvalue weighted by Crippen LogP contribution is -2.26. The summed E-state index contributed by atoms with van der Waals surface area (Å²) in [6.07, 6.45) is 0.132. The van der Waals surface area contributed by atoms with Crippen LogP contribution in [0.1, 0.15) is 16.8 Å². The maximum Gasteiger partial charge on any atom is 0.307 e. The van der Waals surface area contributed by atoms with Crippen molar-refractivity contribution in [3.05, 3.63) is 29.8 Å². The summed E-state index contributed by atoms with van der Waals surface area (Å²) in [7, 11) is 1.30. The monoisotopic (exact) mass is 275 g/mol. The van der Waals surface area contributed by atoms with Gasteiger partial charge in [0.05, 0.1) is 13.5 Å². The normalized spacial score (nSPS) is 10.1. The molecule has 1 aromatic carbocycles. The van der Waals surface area contributed by atoms with E-state index in [0.717, 1.165) is 0 Å². The predicted molar refractivity (Wildman–Crippen MR) is 68.6 cm³/mol. The van der Waals surface area contributed by atoms with Crippen molar-refractivity contribution in [2.75, 3.05) is 13.7 Å². The molecule has 0 saturated carbocycles. The number of carbonyl (C=O) groups excluding carboxylic acids is 2. The molecule has 0 bridgehead atoms. The van der Waals surface area contributed by atoms with Crippen LogP contribution in [-0.4, -0.2) is 46.2 Å². The fourth-order valence-electron chi connectivity index (χ4n) is 1.57. The molecule has 1 aromatic heterocycles. The molecule has 2 rings (SSSR count). The Morgan fingerprint density at radius 3 is 2.95 bits per heavy atom. The van der Waals surface area contributed by atoms with E-state index in [0.29, 0.717) is 17.0 Å². The average Bonchev–Trinajstić information content (AvgIpc) is 3.01. The molecule has 1 amide bonds. The van der Waals surface area contributed by atoms with Gasteiger partial charge < -0.3 is 10.1 Å². The summed E-state index contributed by atoms with van der Waals surface area (Å²) < 4.78 is 4.49. The van der Waals surface area contributed by atoms with Crippen molar-refractivity contribution in [2.24, 2.45) is 0 Å². The van der Waals surface area contributed by atoms with Crippen LogP contribution < -0.4 is 5.32 Å². The summed E-state index contributed by atoms with van der Waals surface area (Å²) in [5.74, 6) is -0.237. The number of tetrazole rings is 1. The third-order valence-electron chi connectivity index (χ3n) is 2.57. The van der Waals surface area contributed by atoms with Gasteiger partial charge in [0.25, 0.3) is 5.91 Å². The summed E-state index contributed by atoms with van der Waals surface area (Å²) in [5, 5.41) is 16.1. The van der Waals surface area contributed by atoms with Crippen molar-refractivity contribution in [3.63, 3.8) is 0 Å². The lowest BCUT2D eigenvalue weighted by atomic mass is 10.1. The summed E-state index contributed by atoms with van der Waals surface area (Å²) in [5.41, 5.74) is 1.14. The minimum atomic E-state index is -0.370. The largest absolute Gasteiger partial charge is 0.469 e. The van der Waals surface area contributed by atoms with Gasteiger partial charge in [-0.2, -0.15) is 5.21 Å². The number of hydrogen-bond donors (Lipinski definition) is 2. The molecule has 2 aromatic rings. The minimum absolute atomic E-state index is 0.132. The van der Waals surface area contributed by atoms with Gasteiger partial charge in [-0.15, -0.1) is 10.2 Å². The highest BCUT2D eigenvalue weighted by atomic mass is 16.5. The second-order valence-corrected chi connectivity index (χ2v) is 3.90. The molecule has 0 unspecified atom stereocenters. The zero-order valence-electron chi connectivity index (χ0n) is 10.8. The number of amides is 1. The first-order valence-electron chi connectivity index (χ1n) is 5.89. The van der Waals surface area contributed by atoms with E-state index in [1.165, 1.54) is 7.11 Å². The highest BCUT2D eigenvalue weighted by Crippen LogP contribution is 2.14. The van der Waals surface area contributed by atoms with Crippen LogP contribution in [0.15, 0.2) is 24.3 Å². The first kappa shape index (κ1) is 13.7. The number of aromatic amines is 1. The molecule has 0 saturated heterocycles. The maximum atomic E-state index is 11.9. The molecular weight excluding hydrogens is 262 g/mol. The third kappa shape index (κ3) is 3.37. The van der Waals surface area contributed by atoms with Crippen LogP contribution in [0.2, 0.25) is 0 Å². The molecule has 0 aliphatic carbocycles. The minimum Gasteiger partial charge on any atom is -0.469 e. The summed E-state index contributed by atoms with van der Waals surface area (Å²) in [6, 6.07) is 6.81. The van der Waals surface area contributed by atoms with E-state index in [4.69, 9.17) is 0 Å². The smallest absolute Gasteiger partial charge is 0.307 e. The van der Waals surface area contributed by atoms with Crippen LogP contribution in [0.25, 0.3) is 11.4 Å². The van der Waals surface area contributed by atoms with E-state index < -0.39 is 0 Å². The van der Waals surface area contributed by atoms with Crippen LogP contribution in [-0.2, 0) is 9.53 Å². The zero-order valence-corrected chi connectivity index (χ0v) is 10.8. The molecule has 0 fully saturated rings. The van der Waals surface area contributed by atoms with Gasteiger partial charge in [-0.05, 0) is 17.3 Å². The van der Waals surface area contributed by atoms with E-state index >= 15 is 0 Å². The van der Waals surface area contributed by atoms with Crippen molar-refractivity contribution < 1.29 is 14.3 Å². The standard InChI is InChI=1S/C12H13N5O3/c1-20-10(18)5-6-13-12(19)9-4-2-3-8(7-9)11-14-16-17-15-11/h2-4,7H,5-6H2,1H3,(H,13,19)(H,14,15,16,17). The molecule has 1 heterocycles. The van der Waals surface area contributed by atoms with Gasteiger partial charge >= 0.3 is 5.97 Å². The Labute approximate surface area is 114 Å². The van der Waals surface area contributed by atoms with E-state index in [2.05, 4.69) is 30.7 Å². The van der Waals surface area contributed by atoms with Crippen LogP contribution in [0.4, 0.5) is 0 Å². The molecule has 0 spiro atoms. The van der Waals surface area contributed by atoms with Crippen LogP contribution >= 0.6 is 0 Å². The summed E-state index contributed by atoms with van der Waals surface area (Å²) >= 11 is 0. The van der Waals surface area contributed by atoms with Gasteiger partial charge in [0, 0.05) is 17.7 Å². The van der Waals surface area contributed by atoms with Gasteiger partial charge in [-0.1, -0.05) is 12.1 Å². The molecule has 2 N–H and O–H groups in total. The average molecular weight is 275 g/mol. The highest BCUT2D eigenvalue weighted by molar-refractivity contribution is 5.95. The number of carbonyl (C=O) groups is 2. The fourth-order valence-corrected chi connectivity index (χ4v) is 1.57. The second-order valence-electron chi connectivity index (χ2n) is 3.90. The Morgan fingerprint density at radius 1 is 1.40 bits per heavy atom. The van der Waals surface area contributed by atoms with Crippen LogP contribution in [0.5, 0.6) is 0 Å². The molecule has 0 atom stereocenters. The highest BCUT2D eigenvalue weighted by Gasteiger charge is 2.09. The number of methoxy groups -OCH3 is 1. The zero-order chi connectivity index (χ0) is 14.4. The molecule has 0 aliphatic rings. The van der Waals surface area contributed by atoms with E-state index in [-0.39, 0.29) is 24.8 Å². The van der Waals surface area contributed by atoms with Crippen LogP contribution in [0, 0.1) is 0 Å². The maximum absolute atomic E-state index is 11.9. The molecule has 8 heteroatoms. The van der Waals surface area contributed by atoms with Gasteiger partial charge in [0.15, 0.2) is 0 Å². The van der Waals surface area contributed by atoms with E-state index in [1.807, 2.05) is 0 Å². The molecule has 104 valence electrons. The number of nitrogens with zero attached hydrogens (tertiary/aromatic N) is 3. The lowest BCUT2D eigenvalue weighted by Gasteiger charge is -2.05. The first-order valence-corrected chi connectivity index (χ1v) is 5.89. The topological polar surface area (TPSA) is 110 Å². The quantitative estimate of drug-likeness (QED) is 0.752. The molecule has 8 nitrogen and oxygen atoms in total. The molecule has 0 radical (unpaired) electrons. The predicted octanol–water partition coefficient (Wildman–Crippen LogP) is 0.160. The van der Waals surface area contributed by atoms with Crippen molar-refractivity contribution in [1.29, 1.82) is 0 Å². The van der Waals surface area contributed by atoms with Gasteiger partial charge in [0.1, 0.15) is 0 Å². The Morgan fingerprint density at radius 2 is 2.25 bits per heavy atom.